The molecule has 3 heteroatoms. The van der Waals surface area contributed by atoms with E-state index in [0.717, 1.165) is 44.6 Å². The van der Waals surface area contributed by atoms with E-state index in [2.05, 4.69) is 84.9 Å². The van der Waals surface area contributed by atoms with Crippen molar-refractivity contribution in [2.45, 2.75) is 0 Å². The monoisotopic (exact) mass is 370 g/mol. The van der Waals surface area contributed by atoms with Crippen LogP contribution in [0.1, 0.15) is 0 Å². The van der Waals surface area contributed by atoms with Gasteiger partial charge in [-0.25, -0.2) is 0 Å². The summed E-state index contributed by atoms with van der Waals surface area (Å²) in [5.41, 5.74) is 3.52. The Morgan fingerprint density at radius 1 is 0.517 bits per heavy atom. The molecule has 0 unspecified atom stereocenters. The zero-order valence-corrected chi connectivity index (χ0v) is 15.6. The van der Waals surface area contributed by atoms with Gasteiger partial charge in [0, 0.05) is 16.2 Å². The highest BCUT2D eigenvalue weighted by Crippen LogP contribution is 2.41. The standard InChI is InChI=1S/C26H15BO2/c1-3-9-18-16(7-1)13-14-21-25(18)29-26-19-10-4-2-8-17(19)15-23-24(26)27(21)20-11-5-6-12-22(20)28-23/h1-15H. The molecule has 2 aliphatic heterocycles. The highest BCUT2D eigenvalue weighted by molar-refractivity contribution is 6.98. The molecule has 0 amide bonds. The molecular weight excluding hydrogens is 355 g/mol. The van der Waals surface area contributed by atoms with Crippen LogP contribution < -0.4 is 25.9 Å². The number of hydrogen-bond donors (Lipinski definition) is 0. The topological polar surface area (TPSA) is 18.5 Å². The van der Waals surface area contributed by atoms with E-state index in [0.29, 0.717) is 0 Å². The van der Waals surface area contributed by atoms with Crippen LogP contribution >= 0.6 is 0 Å². The summed E-state index contributed by atoms with van der Waals surface area (Å²) in [4.78, 5) is 0. The number of para-hydroxylation sites is 1. The third-order valence-corrected chi connectivity index (χ3v) is 6.17. The van der Waals surface area contributed by atoms with Gasteiger partial charge in [-0.1, -0.05) is 78.9 Å². The number of fused-ring (bicyclic) bond motifs is 8. The third-order valence-electron chi connectivity index (χ3n) is 6.17. The van der Waals surface area contributed by atoms with Crippen molar-refractivity contribution in [2.24, 2.45) is 0 Å². The smallest absolute Gasteiger partial charge is 0.260 e. The Morgan fingerprint density at radius 2 is 1.24 bits per heavy atom. The maximum Gasteiger partial charge on any atom is 0.260 e. The van der Waals surface area contributed by atoms with Crippen LogP contribution in [0, 0.1) is 0 Å². The fourth-order valence-corrected chi connectivity index (χ4v) is 4.89. The van der Waals surface area contributed by atoms with E-state index in [4.69, 9.17) is 9.47 Å². The largest absolute Gasteiger partial charge is 0.458 e. The van der Waals surface area contributed by atoms with Gasteiger partial charge in [0.1, 0.15) is 23.0 Å². The van der Waals surface area contributed by atoms with Crippen LogP contribution in [-0.2, 0) is 0 Å². The first-order chi connectivity index (χ1) is 14.4. The minimum atomic E-state index is 0.0999. The van der Waals surface area contributed by atoms with E-state index >= 15 is 0 Å². The molecule has 0 saturated carbocycles. The molecule has 0 aromatic heterocycles. The van der Waals surface area contributed by atoms with E-state index in [9.17, 15) is 0 Å². The molecule has 5 aromatic rings. The molecular formula is C26H15BO2. The first-order valence-corrected chi connectivity index (χ1v) is 9.90. The molecule has 7 rings (SSSR count). The predicted octanol–water partition coefficient (Wildman–Crippen LogP) is 4.72. The Labute approximate surface area is 168 Å². The first kappa shape index (κ1) is 15.2. The summed E-state index contributed by atoms with van der Waals surface area (Å²) >= 11 is 0. The van der Waals surface area contributed by atoms with Gasteiger partial charge in [-0.05, 0) is 33.8 Å². The van der Waals surface area contributed by atoms with Crippen molar-refractivity contribution in [3.8, 4) is 23.0 Å². The summed E-state index contributed by atoms with van der Waals surface area (Å²) in [7, 11) is 0. The van der Waals surface area contributed by atoms with Gasteiger partial charge in [0.15, 0.2) is 0 Å². The summed E-state index contributed by atoms with van der Waals surface area (Å²) in [5, 5.41) is 4.59. The summed E-state index contributed by atoms with van der Waals surface area (Å²) in [6, 6.07) is 31.7. The predicted molar refractivity (Wildman–Crippen MR) is 119 cm³/mol. The first-order valence-electron chi connectivity index (χ1n) is 9.90. The molecule has 0 N–H and O–H groups in total. The number of hydrogen-bond acceptors (Lipinski definition) is 2. The van der Waals surface area contributed by atoms with Gasteiger partial charge in [-0.2, -0.15) is 0 Å². The van der Waals surface area contributed by atoms with E-state index in [1.165, 1.54) is 16.3 Å². The second-order valence-electron chi connectivity index (χ2n) is 7.72. The molecule has 0 atom stereocenters. The Kier molecular flexibility index (Phi) is 2.85. The lowest BCUT2D eigenvalue weighted by Crippen LogP contribution is -2.57. The number of rotatable bonds is 0. The van der Waals surface area contributed by atoms with Crippen molar-refractivity contribution >= 4 is 44.6 Å². The normalized spacial score (nSPS) is 13.3. The molecule has 2 heterocycles. The summed E-state index contributed by atoms with van der Waals surface area (Å²) < 4.78 is 13.0. The van der Waals surface area contributed by atoms with Gasteiger partial charge >= 0.3 is 0 Å². The van der Waals surface area contributed by atoms with Crippen LogP contribution in [-0.4, -0.2) is 6.71 Å². The highest BCUT2D eigenvalue weighted by atomic mass is 16.5. The fraction of sp³-hybridized carbons (Fsp3) is 0. The van der Waals surface area contributed by atoms with Crippen molar-refractivity contribution in [1.82, 2.24) is 0 Å². The molecule has 134 valence electrons. The van der Waals surface area contributed by atoms with Crippen molar-refractivity contribution in [2.75, 3.05) is 0 Å². The van der Waals surface area contributed by atoms with Crippen molar-refractivity contribution in [3.05, 3.63) is 91.0 Å². The third kappa shape index (κ3) is 1.97. The summed E-state index contributed by atoms with van der Waals surface area (Å²) in [6.45, 7) is 0.0999. The van der Waals surface area contributed by atoms with Crippen molar-refractivity contribution < 1.29 is 9.47 Å². The highest BCUT2D eigenvalue weighted by Gasteiger charge is 2.41. The summed E-state index contributed by atoms with van der Waals surface area (Å²) in [6.07, 6.45) is 0. The fourth-order valence-electron chi connectivity index (χ4n) is 4.89. The molecule has 2 nitrogen and oxygen atoms in total. The van der Waals surface area contributed by atoms with Crippen LogP contribution in [0.4, 0.5) is 0 Å². The van der Waals surface area contributed by atoms with Crippen molar-refractivity contribution in [1.29, 1.82) is 0 Å². The zero-order valence-electron chi connectivity index (χ0n) is 15.6. The molecule has 0 saturated heterocycles. The average Bonchev–Trinajstić information content (AvgIpc) is 2.78. The molecule has 5 aromatic carbocycles. The molecule has 0 bridgehead atoms. The van der Waals surface area contributed by atoms with Gasteiger partial charge < -0.3 is 9.47 Å². The molecule has 0 spiro atoms. The van der Waals surface area contributed by atoms with Gasteiger partial charge in [0.05, 0.1) is 0 Å². The maximum absolute atomic E-state index is 6.69. The second-order valence-corrected chi connectivity index (χ2v) is 7.72. The SMILES string of the molecule is c1ccc2c(c1)Oc1cc3ccccc3c3c1B2c1ccc2ccccc2c1O3. The van der Waals surface area contributed by atoms with Gasteiger partial charge in [0.2, 0.25) is 0 Å². The lowest BCUT2D eigenvalue weighted by atomic mass is 9.34. The molecule has 0 radical (unpaired) electrons. The molecule has 2 aliphatic rings. The van der Waals surface area contributed by atoms with Crippen LogP contribution in [0.3, 0.4) is 0 Å². The Bertz CT molecular complexity index is 1470. The second kappa shape index (κ2) is 5.42. The number of benzene rings is 5. The number of ether oxygens (including phenoxy) is 2. The van der Waals surface area contributed by atoms with Crippen LogP contribution in [0.15, 0.2) is 91.0 Å². The zero-order chi connectivity index (χ0) is 18.9. The lowest BCUT2D eigenvalue weighted by molar-refractivity contribution is 0.471. The van der Waals surface area contributed by atoms with E-state index in [1.54, 1.807) is 0 Å². The van der Waals surface area contributed by atoms with E-state index < -0.39 is 0 Å². The quantitative estimate of drug-likeness (QED) is 0.360. The Morgan fingerprint density at radius 3 is 2.14 bits per heavy atom. The minimum Gasteiger partial charge on any atom is -0.458 e. The van der Waals surface area contributed by atoms with E-state index in [-0.39, 0.29) is 6.71 Å². The molecule has 0 aliphatic carbocycles. The summed E-state index contributed by atoms with van der Waals surface area (Å²) in [5.74, 6) is 3.69. The average molecular weight is 370 g/mol. The maximum atomic E-state index is 6.69. The molecule has 0 fully saturated rings. The minimum absolute atomic E-state index is 0.0999. The Hall–Kier alpha value is -3.72. The van der Waals surface area contributed by atoms with Crippen LogP contribution in [0.5, 0.6) is 23.0 Å². The molecule has 29 heavy (non-hydrogen) atoms. The lowest BCUT2D eigenvalue weighted by Gasteiger charge is -2.34. The van der Waals surface area contributed by atoms with Gasteiger partial charge in [-0.15, -0.1) is 0 Å². The van der Waals surface area contributed by atoms with Crippen molar-refractivity contribution in [3.63, 3.8) is 0 Å². The van der Waals surface area contributed by atoms with Crippen LogP contribution in [0.25, 0.3) is 21.5 Å². The van der Waals surface area contributed by atoms with Gasteiger partial charge in [-0.3, -0.25) is 0 Å². The Balaban J connectivity index is 1.65. The van der Waals surface area contributed by atoms with Crippen LogP contribution in [0.2, 0.25) is 0 Å². The van der Waals surface area contributed by atoms with E-state index in [1.807, 2.05) is 6.07 Å². The van der Waals surface area contributed by atoms with Gasteiger partial charge in [0.25, 0.3) is 6.71 Å².